The summed E-state index contributed by atoms with van der Waals surface area (Å²) in [7, 11) is -3.40. The summed E-state index contributed by atoms with van der Waals surface area (Å²) in [4.78, 5) is 12.4. The van der Waals surface area contributed by atoms with Crippen molar-refractivity contribution in [2.75, 3.05) is 11.0 Å². The van der Waals surface area contributed by atoms with Gasteiger partial charge in [-0.3, -0.25) is 9.52 Å². The van der Waals surface area contributed by atoms with Crippen molar-refractivity contribution >= 4 is 21.6 Å². The Hall–Kier alpha value is -3.16. The Bertz CT molecular complexity index is 1100. The minimum absolute atomic E-state index is 0.280. The molecule has 3 aromatic rings. The first-order chi connectivity index (χ1) is 14.4. The third kappa shape index (κ3) is 7.02. The summed E-state index contributed by atoms with van der Waals surface area (Å²) in [5.41, 5.74) is 3.83. The molecule has 0 spiro atoms. The van der Waals surface area contributed by atoms with Crippen LogP contribution in [0.15, 0.2) is 78.9 Å². The second kappa shape index (κ2) is 10.0. The van der Waals surface area contributed by atoms with E-state index >= 15 is 0 Å². The van der Waals surface area contributed by atoms with E-state index in [1.165, 1.54) is 6.07 Å². The highest BCUT2D eigenvalue weighted by Crippen LogP contribution is 2.13. The van der Waals surface area contributed by atoms with Gasteiger partial charge in [-0.2, -0.15) is 0 Å². The summed E-state index contributed by atoms with van der Waals surface area (Å²) in [6, 6.07) is 24.2. The Balaban J connectivity index is 1.53. The highest BCUT2D eigenvalue weighted by Gasteiger charge is 2.08. The molecule has 0 radical (unpaired) electrons. The van der Waals surface area contributed by atoms with Gasteiger partial charge < -0.3 is 10.1 Å². The van der Waals surface area contributed by atoms with Crippen molar-refractivity contribution < 1.29 is 17.9 Å². The largest absolute Gasteiger partial charge is 0.372 e. The van der Waals surface area contributed by atoms with Gasteiger partial charge >= 0.3 is 0 Å². The molecular formula is C23H24N2O4S. The first-order valence-corrected chi connectivity index (χ1v) is 11.3. The SMILES string of the molecule is CS(=O)(=O)Nc1cccc(C(=O)NCc2cccc(COCc3ccccc3)c2)c1. The van der Waals surface area contributed by atoms with Crippen molar-refractivity contribution in [1.82, 2.24) is 5.32 Å². The van der Waals surface area contributed by atoms with Gasteiger partial charge in [-0.05, 0) is 34.9 Å². The number of sulfonamides is 1. The molecule has 0 unspecified atom stereocenters. The number of ether oxygens (including phenoxy) is 1. The van der Waals surface area contributed by atoms with E-state index in [9.17, 15) is 13.2 Å². The zero-order valence-corrected chi connectivity index (χ0v) is 17.5. The molecule has 0 saturated carbocycles. The van der Waals surface area contributed by atoms with E-state index in [1.807, 2.05) is 54.6 Å². The number of carbonyl (C=O) groups excluding carboxylic acids is 1. The maximum absolute atomic E-state index is 12.4. The van der Waals surface area contributed by atoms with Crippen LogP contribution in [-0.2, 0) is 34.5 Å². The fraction of sp³-hybridized carbons (Fsp3) is 0.174. The van der Waals surface area contributed by atoms with E-state index in [0.29, 0.717) is 31.0 Å². The van der Waals surface area contributed by atoms with Crippen LogP contribution in [0.3, 0.4) is 0 Å². The molecular weight excluding hydrogens is 400 g/mol. The Morgan fingerprint density at radius 2 is 1.50 bits per heavy atom. The maximum Gasteiger partial charge on any atom is 0.251 e. The van der Waals surface area contributed by atoms with Crippen molar-refractivity contribution in [3.05, 3.63) is 101 Å². The van der Waals surface area contributed by atoms with Crippen molar-refractivity contribution in [2.45, 2.75) is 19.8 Å². The molecule has 0 aromatic heterocycles. The molecule has 0 bridgehead atoms. The number of benzene rings is 3. The predicted molar refractivity (Wildman–Crippen MR) is 117 cm³/mol. The molecule has 1 amide bonds. The number of amides is 1. The Morgan fingerprint density at radius 3 is 2.27 bits per heavy atom. The third-order valence-electron chi connectivity index (χ3n) is 4.25. The lowest BCUT2D eigenvalue weighted by atomic mass is 10.1. The molecule has 2 N–H and O–H groups in total. The standard InChI is InChI=1S/C23H24N2O4S/c1-30(27,28)25-22-12-6-11-21(14-22)23(26)24-15-19-9-5-10-20(13-19)17-29-16-18-7-3-2-4-8-18/h2-14,25H,15-17H2,1H3,(H,24,26). The van der Waals surface area contributed by atoms with Crippen molar-refractivity contribution in [2.24, 2.45) is 0 Å². The second-order valence-electron chi connectivity index (χ2n) is 6.94. The highest BCUT2D eigenvalue weighted by atomic mass is 32.2. The molecule has 30 heavy (non-hydrogen) atoms. The molecule has 0 aliphatic rings. The summed E-state index contributed by atoms with van der Waals surface area (Å²) in [6.45, 7) is 1.38. The van der Waals surface area contributed by atoms with Crippen LogP contribution in [0.4, 0.5) is 5.69 Å². The van der Waals surface area contributed by atoms with Crippen LogP contribution in [0.1, 0.15) is 27.0 Å². The third-order valence-corrected chi connectivity index (χ3v) is 4.86. The van der Waals surface area contributed by atoms with E-state index in [4.69, 9.17) is 4.74 Å². The lowest BCUT2D eigenvalue weighted by Gasteiger charge is -2.10. The number of rotatable bonds is 9. The molecule has 0 saturated heterocycles. The van der Waals surface area contributed by atoms with Crippen LogP contribution >= 0.6 is 0 Å². The average molecular weight is 425 g/mol. The number of nitrogens with one attached hydrogen (secondary N) is 2. The number of carbonyl (C=O) groups is 1. The molecule has 3 aromatic carbocycles. The van der Waals surface area contributed by atoms with Crippen LogP contribution in [0.5, 0.6) is 0 Å². The number of hydrogen-bond donors (Lipinski definition) is 2. The Labute approximate surface area is 177 Å². The van der Waals surface area contributed by atoms with Gasteiger partial charge in [-0.15, -0.1) is 0 Å². The molecule has 156 valence electrons. The van der Waals surface area contributed by atoms with Gasteiger partial charge in [0.15, 0.2) is 0 Å². The minimum atomic E-state index is -3.40. The molecule has 7 heteroatoms. The number of hydrogen-bond acceptors (Lipinski definition) is 4. The lowest BCUT2D eigenvalue weighted by molar-refractivity contribution is 0.0951. The van der Waals surface area contributed by atoms with Crippen LogP contribution in [-0.4, -0.2) is 20.6 Å². The lowest BCUT2D eigenvalue weighted by Crippen LogP contribution is -2.23. The van der Waals surface area contributed by atoms with E-state index in [0.717, 1.165) is 22.9 Å². The Kier molecular flexibility index (Phi) is 7.21. The van der Waals surface area contributed by atoms with E-state index in [-0.39, 0.29) is 5.91 Å². The minimum Gasteiger partial charge on any atom is -0.372 e. The fourth-order valence-electron chi connectivity index (χ4n) is 2.91. The molecule has 0 aliphatic carbocycles. The fourth-order valence-corrected chi connectivity index (χ4v) is 3.47. The van der Waals surface area contributed by atoms with Crippen LogP contribution in [0, 0.1) is 0 Å². The monoisotopic (exact) mass is 424 g/mol. The van der Waals surface area contributed by atoms with Crippen LogP contribution < -0.4 is 10.0 Å². The first kappa shape index (κ1) is 21.5. The van der Waals surface area contributed by atoms with Crippen LogP contribution in [0.25, 0.3) is 0 Å². The van der Waals surface area contributed by atoms with Gasteiger partial charge in [0.05, 0.1) is 19.5 Å². The molecule has 0 heterocycles. The quantitative estimate of drug-likeness (QED) is 0.549. The van der Waals surface area contributed by atoms with Gasteiger partial charge in [0.2, 0.25) is 10.0 Å². The smallest absolute Gasteiger partial charge is 0.251 e. The van der Waals surface area contributed by atoms with Gasteiger partial charge in [-0.25, -0.2) is 8.42 Å². The average Bonchev–Trinajstić information content (AvgIpc) is 2.72. The summed E-state index contributed by atoms with van der Waals surface area (Å²) in [5.74, 6) is -0.280. The predicted octanol–water partition coefficient (Wildman–Crippen LogP) is 3.70. The van der Waals surface area contributed by atoms with E-state index < -0.39 is 10.0 Å². The van der Waals surface area contributed by atoms with Gasteiger partial charge in [0.25, 0.3) is 5.91 Å². The summed E-state index contributed by atoms with van der Waals surface area (Å²) >= 11 is 0. The van der Waals surface area contributed by atoms with E-state index in [1.54, 1.807) is 18.2 Å². The summed E-state index contributed by atoms with van der Waals surface area (Å²) < 4.78 is 30.8. The molecule has 6 nitrogen and oxygen atoms in total. The summed E-state index contributed by atoms with van der Waals surface area (Å²) in [5, 5.41) is 2.86. The topological polar surface area (TPSA) is 84.5 Å². The molecule has 0 atom stereocenters. The van der Waals surface area contributed by atoms with Crippen molar-refractivity contribution in [3.63, 3.8) is 0 Å². The van der Waals surface area contributed by atoms with Crippen molar-refractivity contribution in [3.8, 4) is 0 Å². The second-order valence-corrected chi connectivity index (χ2v) is 8.68. The van der Waals surface area contributed by atoms with Gasteiger partial charge in [0.1, 0.15) is 0 Å². The zero-order valence-electron chi connectivity index (χ0n) is 16.7. The van der Waals surface area contributed by atoms with Crippen LogP contribution in [0.2, 0.25) is 0 Å². The van der Waals surface area contributed by atoms with Gasteiger partial charge in [0, 0.05) is 17.8 Å². The maximum atomic E-state index is 12.4. The molecule has 0 aliphatic heterocycles. The zero-order chi connectivity index (χ0) is 21.4. The van der Waals surface area contributed by atoms with Crippen molar-refractivity contribution in [1.29, 1.82) is 0 Å². The van der Waals surface area contributed by atoms with Gasteiger partial charge in [-0.1, -0.05) is 60.7 Å². The molecule has 0 fully saturated rings. The summed E-state index contributed by atoms with van der Waals surface area (Å²) in [6.07, 6.45) is 1.07. The molecule has 3 rings (SSSR count). The Morgan fingerprint density at radius 1 is 0.833 bits per heavy atom. The van der Waals surface area contributed by atoms with E-state index in [2.05, 4.69) is 10.0 Å². The number of anilines is 1. The first-order valence-electron chi connectivity index (χ1n) is 9.44. The highest BCUT2D eigenvalue weighted by molar-refractivity contribution is 7.92. The normalized spacial score (nSPS) is 11.1.